The van der Waals surface area contributed by atoms with Gasteiger partial charge < -0.3 is 8.83 Å². The van der Waals surface area contributed by atoms with Crippen LogP contribution in [0.15, 0.2) is 31.8 Å². The van der Waals surface area contributed by atoms with E-state index in [0.717, 1.165) is 28.2 Å². The van der Waals surface area contributed by atoms with E-state index in [9.17, 15) is 4.79 Å². The summed E-state index contributed by atoms with van der Waals surface area (Å²) in [6, 6.07) is 5.68. The Morgan fingerprint density at radius 1 is 1.15 bits per heavy atom. The van der Waals surface area contributed by atoms with Crippen LogP contribution in [0.3, 0.4) is 0 Å². The van der Waals surface area contributed by atoms with Crippen molar-refractivity contribution in [3.63, 3.8) is 0 Å². The summed E-state index contributed by atoms with van der Waals surface area (Å²) in [4.78, 5) is 13.8. The molecule has 4 nitrogen and oxygen atoms in total. The summed E-state index contributed by atoms with van der Waals surface area (Å²) >= 11 is 3.71. The van der Waals surface area contributed by atoms with Crippen molar-refractivity contribution in [2.45, 2.75) is 25.6 Å². The standard InChI is InChI=1S/C15H14BrNO3/c1-7-8(2)19-9(3)13(7)14(16)10-4-5-11-12(6-10)20-15(18)17-11/h4-6,14H,1-3H3,(H,17,18). The first-order chi connectivity index (χ1) is 9.47. The molecule has 1 aromatic carbocycles. The average molecular weight is 336 g/mol. The molecule has 0 saturated carbocycles. The molecule has 0 aliphatic rings. The lowest BCUT2D eigenvalue weighted by Crippen LogP contribution is -1.95. The van der Waals surface area contributed by atoms with Gasteiger partial charge in [0.15, 0.2) is 5.58 Å². The van der Waals surface area contributed by atoms with E-state index in [2.05, 4.69) is 20.9 Å². The van der Waals surface area contributed by atoms with Gasteiger partial charge in [0.1, 0.15) is 11.5 Å². The number of nitrogens with one attached hydrogen (secondary N) is 1. The molecule has 0 aliphatic carbocycles. The van der Waals surface area contributed by atoms with Gasteiger partial charge in [-0.2, -0.15) is 0 Å². The smallest absolute Gasteiger partial charge is 0.417 e. The molecule has 0 aliphatic heterocycles. The molecule has 3 aromatic rings. The van der Waals surface area contributed by atoms with Crippen LogP contribution in [0.2, 0.25) is 0 Å². The quantitative estimate of drug-likeness (QED) is 0.716. The fourth-order valence-electron chi connectivity index (χ4n) is 2.47. The van der Waals surface area contributed by atoms with Crippen LogP contribution in [0.4, 0.5) is 0 Å². The minimum Gasteiger partial charge on any atom is -0.466 e. The number of aromatic nitrogens is 1. The van der Waals surface area contributed by atoms with Gasteiger partial charge in [0.2, 0.25) is 0 Å². The third-order valence-electron chi connectivity index (χ3n) is 3.61. The minimum atomic E-state index is -0.435. The normalized spacial score (nSPS) is 13.0. The fourth-order valence-corrected chi connectivity index (χ4v) is 3.42. The van der Waals surface area contributed by atoms with Crippen molar-refractivity contribution in [2.75, 3.05) is 0 Å². The van der Waals surface area contributed by atoms with E-state index in [4.69, 9.17) is 8.83 Å². The van der Waals surface area contributed by atoms with Crippen molar-refractivity contribution in [1.82, 2.24) is 4.98 Å². The van der Waals surface area contributed by atoms with Gasteiger partial charge in [0, 0.05) is 5.56 Å². The molecule has 5 heteroatoms. The van der Waals surface area contributed by atoms with E-state index < -0.39 is 5.76 Å². The van der Waals surface area contributed by atoms with Crippen molar-refractivity contribution < 1.29 is 8.83 Å². The Kier molecular flexibility index (Phi) is 3.09. The van der Waals surface area contributed by atoms with E-state index in [1.165, 1.54) is 0 Å². The monoisotopic (exact) mass is 335 g/mol. The summed E-state index contributed by atoms with van der Waals surface area (Å²) in [5.74, 6) is 1.39. The van der Waals surface area contributed by atoms with Gasteiger partial charge >= 0.3 is 5.76 Å². The topological polar surface area (TPSA) is 59.1 Å². The second-order valence-corrected chi connectivity index (χ2v) is 5.80. The van der Waals surface area contributed by atoms with Gasteiger partial charge in [0.25, 0.3) is 0 Å². The van der Waals surface area contributed by atoms with Crippen LogP contribution >= 0.6 is 15.9 Å². The lowest BCUT2D eigenvalue weighted by atomic mass is 10.0. The van der Waals surface area contributed by atoms with Crippen LogP contribution in [0, 0.1) is 20.8 Å². The Hall–Kier alpha value is -1.75. The number of H-pyrrole nitrogens is 1. The van der Waals surface area contributed by atoms with E-state index in [0.29, 0.717) is 11.1 Å². The molecule has 3 rings (SSSR count). The first-order valence-electron chi connectivity index (χ1n) is 6.30. The molecule has 0 saturated heterocycles. The summed E-state index contributed by atoms with van der Waals surface area (Å²) < 4.78 is 10.8. The van der Waals surface area contributed by atoms with Crippen LogP contribution in [0.1, 0.15) is 33.0 Å². The first-order valence-corrected chi connectivity index (χ1v) is 7.22. The third kappa shape index (κ3) is 2.02. The number of oxazole rings is 1. The minimum absolute atomic E-state index is 0.00421. The summed E-state index contributed by atoms with van der Waals surface area (Å²) in [5, 5.41) is 0. The number of hydrogen-bond acceptors (Lipinski definition) is 3. The van der Waals surface area contributed by atoms with Crippen LogP contribution in [-0.4, -0.2) is 4.98 Å². The molecule has 1 unspecified atom stereocenters. The molecule has 0 bridgehead atoms. The molecule has 104 valence electrons. The first kappa shape index (κ1) is 13.2. The molecule has 20 heavy (non-hydrogen) atoms. The Balaban J connectivity index is 2.11. The largest absolute Gasteiger partial charge is 0.466 e. The zero-order chi connectivity index (χ0) is 14.4. The van der Waals surface area contributed by atoms with Crippen LogP contribution in [0.5, 0.6) is 0 Å². The molecule has 1 atom stereocenters. The van der Waals surface area contributed by atoms with Crippen LogP contribution < -0.4 is 5.76 Å². The molecule has 0 fully saturated rings. The highest BCUT2D eigenvalue weighted by Crippen LogP contribution is 2.38. The second-order valence-electron chi connectivity index (χ2n) is 4.89. The predicted molar refractivity (Wildman–Crippen MR) is 80.5 cm³/mol. The van der Waals surface area contributed by atoms with Crippen molar-refractivity contribution >= 4 is 27.0 Å². The average Bonchev–Trinajstić information content (AvgIpc) is 2.87. The highest BCUT2D eigenvalue weighted by Gasteiger charge is 2.21. The van der Waals surface area contributed by atoms with Crippen molar-refractivity contribution in [3.05, 3.63) is 57.0 Å². The maximum absolute atomic E-state index is 11.2. The Morgan fingerprint density at radius 3 is 2.55 bits per heavy atom. The molecule has 0 radical (unpaired) electrons. The molecule has 0 amide bonds. The zero-order valence-electron chi connectivity index (χ0n) is 11.4. The number of benzene rings is 1. The van der Waals surface area contributed by atoms with E-state index >= 15 is 0 Å². The Morgan fingerprint density at radius 2 is 1.90 bits per heavy atom. The molecule has 1 N–H and O–H groups in total. The fraction of sp³-hybridized carbons (Fsp3) is 0.267. The second kappa shape index (κ2) is 4.66. The molecule has 2 aromatic heterocycles. The van der Waals surface area contributed by atoms with Crippen molar-refractivity contribution in [3.8, 4) is 0 Å². The number of halogens is 1. The van der Waals surface area contributed by atoms with Gasteiger partial charge in [0.05, 0.1) is 10.3 Å². The summed E-state index contributed by atoms with van der Waals surface area (Å²) in [7, 11) is 0. The number of furan rings is 1. The Labute approximate surface area is 123 Å². The van der Waals surface area contributed by atoms with E-state index in [1.807, 2.05) is 39.0 Å². The number of aryl methyl sites for hydroxylation is 2. The maximum Gasteiger partial charge on any atom is 0.417 e. The highest BCUT2D eigenvalue weighted by molar-refractivity contribution is 9.09. The summed E-state index contributed by atoms with van der Waals surface area (Å²) in [5.41, 5.74) is 4.55. The lowest BCUT2D eigenvalue weighted by molar-refractivity contribution is 0.500. The van der Waals surface area contributed by atoms with Gasteiger partial charge in [-0.3, -0.25) is 4.98 Å². The lowest BCUT2D eigenvalue weighted by Gasteiger charge is -2.10. The van der Waals surface area contributed by atoms with Gasteiger partial charge in [-0.15, -0.1) is 0 Å². The van der Waals surface area contributed by atoms with Crippen LogP contribution in [-0.2, 0) is 0 Å². The SMILES string of the molecule is Cc1oc(C)c(C(Br)c2ccc3[nH]c(=O)oc3c2)c1C. The Bertz CT molecular complexity index is 841. The number of aromatic amines is 1. The number of fused-ring (bicyclic) bond motifs is 1. The van der Waals surface area contributed by atoms with Gasteiger partial charge in [-0.25, -0.2) is 4.79 Å². The van der Waals surface area contributed by atoms with Crippen molar-refractivity contribution in [1.29, 1.82) is 0 Å². The maximum atomic E-state index is 11.2. The van der Waals surface area contributed by atoms with Gasteiger partial charge in [-0.1, -0.05) is 22.0 Å². The van der Waals surface area contributed by atoms with E-state index in [-0.39, 0.29) is 4.83 Å². The van der Waals surface area contributed by atoms with Gasteiger partial charge in [-0.05, 0) is 44.0 Å². The number of alkyl halides is 1. The summed E-state index contributed by atoms with van der Waals surface area (Å²) in [6.07, 6.45) is 0. The predicted octanol–water partition coefficient (Wildman–Crippen LogP) is 4.12. The molecule has 2 heterocycles. The molecule has 0 spiro atoms. The zero-order valence-corrected chi connectivity index (χ0v) is 13.0. The molecular weight excluding hydrogens is 322 g/mol. The van der Waals surface area contributed by atoms with Crippen molar-refractivity contribution in [2.24, 2.45) is 0 Å². The van der Waals surface area contributed by atoms with E-state index in [1.54, 1.807) is 0 Å². The number of hydrogen-bond donors (Lipinski definition) is 1. The third-order valence-corrected chi connectivity index (χ3v) is 4.60. The highest BCUT2D eigenvalue weighted by atomic mass is 79.9. The number of rotatable bonds is 2. The summed E-state index contributed by atoms with van der Waals surface area (Å²) in [6.45, 7) is 5.96. The molecular formula is C15H14BrNO3. The van der Waals surface area contributed by atoms with Crippen LogP contribution in [0.25, 0.3) is 11.1 Å².